The predicted molar refractivity (Wildman–Crippen MR) is 137 cm³/mol. The zero-order valence-corrected chi connectivity index (χ0v) is 21.0. The van der Waals surface area contributed by atoms with Crippen LogP contribution in [0.2, 0.25) is 0 Å². The van der Waals surface area contributed by atoms with Crippen LogP contribution in [0.15, 0.2) is 24.5 Å². The van der Waals surface area contributed by atoms with Crippen molar-refractivity contribution in [3.63, 3.8) is 0 Å². The minimum atomic E-state index is 0.832. The van der Waals surface area contributed by atoms with E-state index in [1.54, 1.807) is 22.7 Å². The molecule has 0 saturated heterocycles. The molecule has 0 aliphatic carbocycles. The van der Waals surface area contributed by atoms with Crippen LogP contribution < -0.4 is 4.74 Å². The number of nitrogens with zero attached hydrogens (tertiary/aromatic N) is 2. The predicted octanol–water partition coefficient (Wildman–Crippen LogP) is 9.06. The van der Waals surface area contributed by atoms with Crippen molar-refractivity contribution in [2.45, 2.75) is 97.3 Å². The van der Waals surface area contributed by atoms with Gasteiger partial charge >= 0.3 is 0 Å². The molecule has 0 aliphatic heterocycles. The van der Waals surface area contributed by atoms with Crippen LogP contribution in [-0.4, -0.2) is 16.6 Å². The van der Waals surface area contributed by atoms with Crippen LogP contribution in [0, 0.1) is 0 Å². The van der Waals surface area contributed by atoms with Crippen LogP contribution in [0.25, 0.3) is 20.1 Å². The molecule has 3 aromatic rings. The Bertz CT molecular complexity index is 838. The van der Waals surface area contributed by atoms with E-state index in [9.17, 15) is 0 Å². The number of hydrogen-bond donors (Lipinski definition) is 0. The van der Waals surface area contributed by atoms with Crippen LogP contribution in [-0.2, 0) is 6.42 Å². The van der Waals surface area contributed by atoms with E-state index in [0.29, 0.717) is 0 Å². The summed E-state index contributed by atoms with van der Waals surface area (Å²) in [6.07, 6.45) is 20.9. The number of thiophene rings is 2. The van der Waals surface area contributed by atoms with E-state index in [1.165, 1.54) is 85.6 Å². The normalized spacial score (nSPS) is 11.4. The van der Waals surface area contributed by atoms with Crippen LogP contribution in [0.4, 0.5) is 0 Å². The summed E-state index contributed by atoms with van der Waals surface area (Å²) in [5.74, 6) is 0.838. The Labute approximate surface area is 196 Å². The van der Waals surface area contributed by atoms with Gasteiger partial charge in [0.05, 0.1) is 11.5 Å². The molecule has 3 aromatic heterocycles. The van der Waals surface area contributed by atoms with Gasteiger partial charge in [-0.25, -0.2) is 9.97 Å². The average Bonchev–Trinajstić information content (AvgIpc) is 3.35. The van der Waals surface area contributed by atoms with Gasteiger partial charge < -0.3 is 4.74 Å². The molecule has 0 N–H and O–H groups in total. The monoisotopic (exact) mass is 458 g/mol. The lowest BCUT2D eigenvalue weighted by atomic mass is 10.1. The van der Waals surface area contributed by atoms with Crippen molar-refractivity contribution < 1.29 is 4.74 Å². The van der Waals surface area contributed by atoms with Gasteiger partial charge in [0, 0.05) is 27.9 Å². The number of aromatic nitrogens is 2. The maximum absolute atomic E-state index is 6.01. The molecule has 5 heteroatoms. The molecule has 0 spiro atoms. The first-order valence-corrected chi connectivity index (χ1v) is 13.9. The minimum absolute atomic E-state index is 0.832. The van der Waals surface area contributed by atoms with Crippen molar-refractivity contribution in [3.05, 3.63) is 30.1 Å². The standard InChI is InChI=1S/C26H38N2OS2/c1-3-5-7-8-9-10-11-12-14-16-29-25-18-23-22(31-25)17-24(30-23)26-27-19-21(20-28-26)15-13-6-4-2/h17-20H,3-16H2,1-2H3. The molecule has 3 heterocycles. The first-order valence-electron chi connectivity index (χ1n) is 12.3. The van der Waals surface area contributed by atoms with Gasteiger partial charge in [-0.05, 0) is 30.9 Å². The Balaban J connectivity index is 1.37. The molecule has 0 radical (unpaired) electrons. The van der Waals surface area contributed by atoms with E-state index in [2.05, 4.69) is 35.9 Å². The summed E-state index contributed by atoms with van der Waals surface area (Å²) in [6.45, 7) is 5.34. The molecule has 0 amide bonds. The maximum atomic E-state index is 6.01. The maximum Gasteiger partial charge on any atom is 0.175 e. The van der Waals surface area contributed by atoms with Gasteiger partial charge in [-0.1, -0.05) is 89.4 Å². The molecule has 0 bridgehead atoms. The van der Waals surface area contributed by atoms with Gasteiger partial charge in [0.1, 0.15) is 0 Å². The highest BCUT2D eigenvalue weighted by Crippen LogP contribution is 2.40. The third-order valence-electron chi connectivity index (χ3n) is 5.67. The third kappa shape index (κ3) is 8.19. The van der Waals surface area contributed by atoms with Crippen LogP contribution >= 0.6 is 22.7 Å². The fraction of sp³-hybridized carbons (Fsp3) is 0.615. The van der Waals surface area contributed by atoms with Gasteiger partial charge in [0.25, 0.3) is 0 Å². The number of rotatable bonds is 16. The summed E-state index contributed by atoms with van der Waals surface area (Å²) in [4.78, 5) is 10.4. The van der Waals surface area contributed by atoms with Gasteiger partial charge in [0.2, 0.25) is 0 Å². The number of ether oxygens (including phenoxy) is 1. The van der Waals surface area contributed by atoms with E-state index < -0.39 is 0 Å². The van der Waals surface area contributed by atoms with Crippen molar-refractivity contribution in [1.29, 1.82) is 0 Å². The topological polar surface area (TPSA) is 35.0 Å². The van der Waals surface area contributed by atoms with Crippen LogP contribution in [0.1, 0.15) is 96.5 Å². The lowest BCUT2D eigenvalue weighted by Crippen LogP contribution is -1.95. The highest BCUT2D eigenvalue weighted by molar-refractivity contribution is 7.30. The summed E-state index contributed by atoms with van der Waals surface area (Å²) < 4.78 is 8.56. The minimum Gasteiger partial charge on any atom is -0.484 e. The highest BCUT2D eigenvalue weighted by atomic mass is 32.1. The SMILES string of the molecule is CCCCCCCCCCCOc1cc2sc(-c3ncc(CCCCC)cn3)cc2s1. The smallest absolute Gasteiger partial charge is 0.175 e. The summed E-state index contributed by atoms with van der Waals surface area (Å²) in [7, 11) is 0. The van der Waals surface area contributed by atoms with Crippen LogP contribution in [0.5, 0.6) is 5.06 Å². The Morgan fingerprint density at radius 1 is 0.710 bits per heavy atom. The first kappa shape index (κ1) is 24.2. The Hall–Kier alpha value is -1.46. The Morgan fingerprint density at radius 2 is 1.32 bits per heavy atom. The zero-order chi connectivity index (χ0) is 21.7. The number of aryl methyl sites for hydroxylation is 1. The van der Waals surface area contributed by atoms with E-state index in [-0.39, 0.29) is 0 Å². The molecule has 170 valence electrons. The molecular weight excluding hydrogens is 420 g/mol. The Kier molecular flexibility index (Phi) is 10.8. The zero-order valence-electron chi connectivity index (χ0n) is 19.3. The molecular formula is C26H38N2OS2. The molecule has 0 saturated carbocycles. The molecule has 0 fully saturated rings. The molecule has 0 atom stereocenters. The second kappa shape index (κ2) is 13.8. The highest BCUT2D eigenvalue weighted by Gasteiger charge is 2.11. The third-order valence-corrected chi connectivity index (χ3v) is 7.87. The van der Waals surface area contributed by atoms with E-state index in [0.717, 1.165) is 35.2 Å². The number of hydrogen-bond acceptors (Lipinski definition) is 5. The van der Waals surface area contributed by atoms with Crippen molar-refractivity contribution in [3.8, 4) is 15.8 Å². The Morgan fingerprint density at radius 3 is 2.00 bits per heavy atom. The largest absolute Gasteiger partial charge is 0.484 e. The number of unbranched alkanes of at least 4 members (excludes halogenated alkanes) is 10. The van der Waals surface area contributed by atoms with Gasteiger partial charge in [-0.3, -0.25) is 0 Å². The first-order chi connectivity index (χ1) is 15.3. The van der Waals surface area contributed by atoms with Crippen molar-refractivity contribution in [2.24, 2.45) is 0 Å². The lowest BCUT2D eigenvalue weighted by Gasteiger charge is -2.04. The summed E-state index contributed by atoms with van der Waals surface area (Å²) in [5.41, 5.74) is 1.24. The van der Waals surface area contributed by atoms with E-state index in [1.807, 2.05) is 12.4 Å². The molecule has 3 nitrogen and oxygen atoms in total. The summed E-state index contributed by atoms with van der Waals surface area (Å²) >= 11 is 3.50. The van der Waals surface area contributed by atoms with Crippen molar-refractivity contribution in [2.75, 3.05) is 6.61 Å². The summed E-state index contributed by atoms with van der Waals surface area (Å²) in [5, 5.41) is 1.04. The summed E-state index contributed by atoms with van der Waals surface area (Å²) in [6, 6.07) is 4.39. The van der Waals surface area contributed by atoms with Crippen LogP contribution in [0.3, 0.4) is 0 Å². The fourth-order valence-electron chi connectivity index (χ4n) is 3.77. The molecule has 0 aliphatic rings. The average molecular weight is 459 g/mol. The molecule has 3 rings (SSSR count). The lowest BCUT2D eigenvalue weighted by molar-refractivity contribution is 0.313. The van der Waals surface area contributed by atoms with Crippen molar-refractivity contribution in [1.82, 2.24) is 9.97 Å². The molecule has 0 aromatic carbocycles. The quantitative estimate of drug-likeness (QED) is 0.201. The van der Waals surface area contributed by atoms with Gasteiger partial charge in [-0.15, -0.1) is 11.3 Å². The molecule has 0 unspecified atom stereocenters. The van der Waals surface area contributed by atoms with E-state index in [4.69, 9.17) is 4.74 Å². The number of fused-ring (bicyclic) bond motifs is 1. The van der Waals surface area contributed by atoms with Gasteiger partial charge in [0.15, 0.2) is 10.9 Å². The second-order valence-electron chi connectivity index (χ2n) is 8.45. The molecule has 31 heavy (non-hydrogen) atoms. The van der Waals surface area contributed by atoms with Gasteiger partial charge in [-0.2, -0.15) is 0 Å². The van der Waals surface area contributed by atoms with Crippen molar-refractivity contribution >= 4 is 32.1 Å². The van der Waals surface area contributed by atoms with E-state index >= 15 is 0 Å². The fourth-order valence-corrected chi connectivity index (χ4v) is 5.98. The second-order valence-corrected chi connectivity index (χ2v) is 10.6.